The molecule has 0 aliphatic carbocycles. The molecule has 138 valence electrons. The molecule has 0 unspecified atom stereocenters. The maximum absolute atomic E-state index is 12.2. The first-order chi connectivity index (χ1) is 13.7. The normalized spacial score (nSPS) is 10.5. The van der Waals surface area contributed by atoms with Gasteiger partial charge in [0.2, 0.25) is 5.88 Å². The van der Waals surface area contributed by atoms with Crippen molar-refractivity contribution < 1.29 is 9.53 Å². The molecular formula is C20H14BrN5O2. The number of imidazole rings is 1. The Morgan fingerprint density at radius 2 is 1.75 bits per heavy atom. The van der Waals surface area contributed by atoms with Crippen LogP contribution in [0.5, 0.6) is 11.6 Å². The predicted octanol–water partition coefficient (Wildman–Crippen LogP) is 4.47. The molecule has 0 atom stereocenters. The van der Waals surface area contributed by atoms with Gasteiger partial charge >= 0.3 is 0 Å². The van der Waals surface area contributed by atoms with E-state index in [0.717, 1.165) is 4.47 Å². The zero-order valence-electron chi connectivity index (χ0n) is 14.5. The number of nitrogens with zero attached hydrogens (tertiary/aromatic N) is 4. The highest BCUT2D eigenvalue weighted by Gasteiger charge is 2.07. The summed E-state index contributed by atoms with van der Waals surface area (Å²) >= 11 is 3.35. The number of halogens is 1. The molecule has 0 saturated carbocycles. The van der Waals surface area contributed by atoms with Gasteiger partial charge in [0.1, 0.15) is 12.1 Å². The number of rotatable bonds is 5. The van der Waals surface area contributed by atoms with Crippen molar-refractivity contribution in [3.63, 3.8) is 0 Å². The van der Waals surface area contributed by atoms with Gasteiger partial charge in [-0.15, -0.1) is 10.2 Å². The summed E-state index contributed by atoms with van der Waals surface area (Å²) in [5, 5.41) is 11.0. The molecule has 0 radical (unpaired) electrons. The van der Waals surface area contributed by atoms with Crippen molar-refractivity contribution in [3.05, 3.63) is 89.4 Å². The van der Waals surface area contributed by atoms with Gasteiger partial charge in [-0.25, -0.2) is 4.98 Å². The zero-order valence-corrected chi connectivity index (χ0v) is 16.1. The summed E-state index contributed by atoms with van der Waals surface area (Å²) < 4.78 is 8.36. The third kappa shape index (κ3) is 4.24. The molecule has 0 aliphatic heterocycles. The number of anilines is 1. The second-order valence-corrected chi connectivity index (χ2v) is 6.70. The van der Waals surface area contributed by atoms with Crippen LogP contribution in [0.2, 0.25) is 0 Å². The summed E-state index contributed by atoms with van der Waals surface area (Å²) in [7, 11) is 0. The molecule has 2 aromatic heterocycles. The second-order valence-electron chi connectivity index (χ2n) is 5.79. The lowest BCUT2D eigenvalue weighted by atomic mass is 10.2. The minimum atomic E-state index is -0.179. The maximum Gasteiger partial charge on any atom is 0.255 e. The molecule has 0 spiro atoms. The average molecular weight is 436 g/mol. The Kier molecular flexibility index (Phi) is 5.11. The summed E-state index contributed by atoms with van der Waals surface area (Å²) in [5.74, 6) is 1.43. The van der Waals surface area contributed by atoms with Crippen LogP contribution in [0.4, 0.5) is 5.69 Å². The summed E-state index contributed by atoms with van der Waals surface area (Å²) in [6.45, 7) is 0. The Balaban J connectivity index is 1.39. The van der Waals surface area contributed by atoms with E-state index in [1.54, 1.807) is 71.8 Å². The molecule has 2 heterocycles. The number of amides is 1. The van der Waals surface area contributed by atoms with E-state index in [1.807, 2.05) is 12.1 Å². The lowest BCUT2D eigenvalue weighted by molar-refractivity contribution is 0.102. The van der Waals surface area contributed by atoms with Gasteiger partial charge in [-0.1, -0.05) is 15.9 Å². The van der Waals surface area contributed by atoms with Crippen LogP contribution in [0, 0.1) is 0 Å². The molecule has 8 heteroatoms. The van der Waals surface area contributed by atoms with E-state index in [2.05, 4.69) is 36.4 Å². The van der Waals surface area contributed by atoms with Gasteiger partial charge in [0.15, 0.2) is 5.82 Å². The minimum Gasteiger partial charge on any atom is -0.438 e. The maximum atomic E-state index is 12.2. The number of ether oxygens (including phenoxy) is 1. The lowest BCUT2D eigenvalue weighted by Gasteiger charge is -2.08. The van der Waals surface area contributed by atoms with Gasteiger partial charge < -0.3 is 10.1 Å². The zero-order chi connectivity index (χ0) is 19.3. The van der Waals surface area contributed by atoms with Crippen LogP contribution < -0.4 is 10.1 Å². The second kappa shape index (κ2) is 8.01. The number of hydrogen-bond donors (Lipinski definition) is 1. The SMILES string of the molecule is O=C(Nc1ccc(Oc2ccc(-n3ccnc3)nn2)cc1)c1ccc(Br)cc1. The third-order valence-electron chi connectivity index (χ3n) is 3.84. The number of benzene rings is 2. The average Bonchev–Trinajstić information content (AvgIpc) is 3.25. The number of carbonyl (C=O) groups is 1. The van der Waals surface area contributed by atoms with Crippen LogP contribution in [0.1, 0.15) is 10.4 Å². The van der Waals surface area contributed by atoms with Crippen LogP contribution in [0.25, 0.3) is 5.82 Å². The molecule has 0 aliphatic rings. The van der Waals surface area contributed by atoms with Crippen molar-refractivity contribution in [3.8, 4) is 17.4 Å². The van der Waals surface area contributed by atoms with E-state index in [0.29, 0.717) is 28.7 Å². The molecule has 4 aromatic rings. The Morgan fingerprint density at radius 3 is 2.39 bits per heavy atom. The highest BCUT2D eigenvalue weighted by atomic mass is 79.9. The largest absolute Gasteiger partial charge is 0.438 e. The smallest absolute Gasteiger partial charge is 0.255 e. The first-order valence-electron chi connectivity index (χ1n) is 8.34. The van der Waals surface area contributed by atoms with Gasteiger partial charge in [0, 0.05) is 34.2 Å². The van der Waals surface area contributed by atoms with Crippen molar-refractivity contribution in [2.45, 2.75) is 0 Å². The third-order valence-corrected chi connectivity index (χ3v) is 4.36. The van der Waals surface area contributed by atoms with Gasteiger partial charge in [-0.2, -0.15) is 0 Å². The number of aromatic nitrogens is 4. The molecule has 7 nitrogen and oxygen atoms in total. The number of carbonyl (C=O) groups excluding carboxylic acids is 1. The van der Waals surface area contributed by atoms with Gasteiger partial charge in [-0.3, -0.25) is 9.36 Å². The molecule has 28 heavy (non-hydrogen) atoms. The molecule has 0 fully saturated rings. The Bertz CT molecular complexity index is 1060. The monoisotopic (exact) mass is 435 g/mol. The summed E-state index contributed by atoms with van der Waals surface area (Å²) in [5.41, 5.74) is 1.25. The molecule has 2 aromatic carbocycles. The van der Waals surface area contributed by atoms with E-state index in [1.165, 1.54) is 0 Å². The van der Waals surface area contributed by atoms with Crippen molar-refractivity contribution in [1.82, 2.24) is 19.7 Å². The van der Waals surface area contributed by atoms with Crippen LogP contribution in [-0.4, -0.2) is 25.7 Å². The fourth-order valence-electron chi connectivity index (χ4n) is 2.43. The van der Waals surface area contributed by atoms with Crippen LogP contribution >= 0.6 is 15.9 Å². The highest BCUT2D eigenvalue weighted by molar-refractivity contribution is 9.10. The van der Waals surface area contributed by atoms with Crippen LogP contribution in [0.3, 0.4) is 0 Å². The molecule has 4 rings (SSSR count). The Labute approximate surface area is 169 Å². The Morgan fingerprint density at radius 1 is 0.964 bits per heavy atom. The summed E-state index contributed by atoms with van der Waals surface area (Å²) in [6, 6.07) is 17.7. The van der Waals surface area contributed by atoms with E-state index >= 15 is 0 Å². The predicted molar refractivity (Wildman–Crippen MR) is 108 cm³/mol. The van der Waals surface area contributed by atoms with Crippen molar-refractivity contribution in [1.29, 1.82) is 0 Å². The summed E-state index contributed by atoms with van der Waals surface area (Å²) in [4.78, 5) is 16.2. The molecule has 0 bridgehead atoms. The highest BCUT2D eigenvalue weighted by Crippen LogP contribution is 2.22. The van der Waals surface area contributed by atoms with Crippen molar-refractivity contribution in [2.24, 2.45) is 0 Å². The molecule has 1 amide bonds. The molecular weight excluding hydrogens is 422 g/mol. The van der Waals surface area contributed by atoms with Gasteiger partial charge in [-0.05, 0) is 54.6 Å². The standard InChI is InChI=1S/C20H14BrN5O2/c21-15-3-1-14(2-4-15)20(27)23-16-5-7-17(8-6-16)28-19-10-9-18(24-25-19)26-12-11-22-13-26/h1-13H,(H,23,27). The Hall–Kier alpha value is -3.52. The minimum absolute atomic E-state index is 0.179. The number of nitrogens with one attached hydrogen (secondary N) is 1. The van der Waals surface area contributed by atoms with E-state index in [9.17, 15) is 4.79 Å². The van der Waals surface area contributed by atoms with Crippen LogP contribution in [0.15, 0.2) is 83.9 Å². The van der Waals surface area contributed by atoms with Crippen molar-refractivity contribution in [2.75, 3.05) is 5.32 Å². The van der Waals surface area contributed by atoms with Gasteiger partial charge in [0.25, 0.3) is 5.91 Å². The van der Waals surface area contributed by atoms with E-state index in [4.69, 9.17) is 4.74 Å². The topological polar surface area (TPSA) is 81.9 Å². The number of hydrogen-bond acceptors (Lipinski definition) is 5. The van der Waals surface area contributed by atoms with E-state index < -0.39 is 0 Å². The first-order valence-corrected chi connectivity index (χ1v) is 9.13. The summed E-state index contributed by atoms with van der Waals surface area (Å²) in [6.07, 6.45) is 5.10. The quantitative estimate of drug-likeness (QED) is 0.499. The van der Waals surface area contributed by atoms with Crippen LogP contribution in [-0.2, 0) is 0 Å². The fraction of sp³-hybridized carbons (Fsp3) is 0. The molecule has 0 saturated heterocycles. The first kappa shape index (κ1) is 17.9. The molecule has 1 N–H and O–H groups in total. The lowest BCUT2D eigenvalue weighted by Crippen LogP contribution is -2.11. The van der Waals surface area contributed by atoms with E-state index in [-0.39, 0.29) is 5.91 Å². The van der Waals surface area contributed by atoms with Gasteiger partial charge in [0.05, 0.1) is 0 Å². The fourth-order valence-corrected chi connectivity index (χ4v) is 2.70. The van der Waals surface area contributed by atoms with Crippen molar-refractivity contribution >= 4 is 27.5 Å².